The molecule has 5 nitrogen and oxygen atoms in total. The third-order valence-corrected chi connectivity index (χ3v) is 4.22. The van der Waals surface area contributed by atoms with E-state index < -0.39 is 10.0 Å². The number of fused-ring (bicyclic) bond motifs is 1. The lowest BCUT2D eigenvalue weighted by atomic mass is 10.0. The van der Waals surface area contributed by atoms with Crippen LogP contribution in [0.3, 0.4) is 0 Å². The van der Waals surface area contributed by atoms with E-state index in [9.17, 15) is 8.42 Å². The Kier molecular flexibility index (Phi) is 3.70. The molecule has 0 aliphatic carbocycles. The lowest BCUT2D eigenvalue weighted by molar-refractivity contribution is 0.268. The third-order valence-electron chi connectivity index (χ3n) is 2.80. The van der Waals surface area contributed by atoms with E-state index in [-0.39, 0.29) is 17.5 Å². The van der Waals surface area contributed by atoms with E-state index in [1.165, 1.54) is 12.1 Å². The molecule has 0 amide bonds. The molecular formula is C12H16N2O3S. The summed E-state index contributed by atoms with van der Waals surface area (Å²) in [6, 6.07) is 4.56. The van der Waals surface area contributed by atoms with Gasteiger partial charge in [-0.2, -0.15) is 0 Å². The molecule has 1 heterocycles. The fourth-order valence-corrected chi connectivity index (χ4v) is 2.85. The van der Waals surface area contributed by atoms with Crippen LogP contribution in [-0.4, -0.2) is 21.6 Å². The van der Waals surface area contributed by atoms with Crippen molar-refractivity contribution < 1.29 is 13.2 Å². The lowest BCUT2D eigenvalue weighted by Crippen LogP contribution is -2.25. The fourth-order valence-electron chi connectivity index (χ4n) is 1.82. The van der Waals surface area contributed by atoms with Crippen LogP contribution in [0.5, 0.6) is 5.75 Å². The first-order valence-electron chi connectivity index (χ1n) is 5.67. The lowest BCUT2D eigenvalue weighted by Gasteiger charge is -2.23. The van der Waals surface area contributed by atoms with Gasteiger partial charge >= 0.3 is 0 Å². The predicted octanol–water partition coefficient (Wildman–Crippen LogP) is 0.933. The van der Waals surface area contributed by atoms with Crippen molar-refractivity contribution >= 4 is 10.0 Å². The Morgan fingerprint density at radius 3 is 3.06 bits per heavy atom. The molecule has 1 aromatic carbocycles. The average molecular weight is 268 g/mol. The maximum atomic E-state index is 11.9. The number of rotatable bonds is 4. The van der Waals surface area contributed by atoms with Gasteiger partial charge in [0, 0.05) is 24.6 Å². The molecule has 1 unspecified atom stereocenters. The second-order valence-corrected chi connectivity index (χ2v) is 5.85. The zero-order chi connectivity index (χ0) is 13.2. The summed E-state index contributed by atoms with van der Waals surface area (Å²) in [4.78, 5) is 0.198. The van der Waals surface area contributed by atoms with Crippen LogP contribution in [0, 0.1) is 0 Å². The number of nitrogens with two attached hydrogens (primary N) is 1. The Morgan fingerprint density at radius 2 is 2.33 bits per heavy atom. The minimum Gasteiger partial charge on any atom is -0.493 e. The Balaban J connectivity index is 2.36. The summed E-state index contributed by atoms with van der Waals surface area (Å²) < 4.78 is 31.7. The van der Waals surface area contributed by atoms with Crippen molar-refractivity contribution in [1.29, 1.82) is 0 Å². The number of hydrogen-bond donors (Lipinski definition) is 2. The van der Waals surface area contributed by atoms with Gasteiger partial charge in [0.05, 0.1) is 11.5 Å². The molecule has 0 bridgehead atoms. The molecule has 1 aliphatic rings. The van der Waals surface area contributed by atoms with E-state index in [4.69, 9.17) is 10.5 Å². The highest BCUT2D eigenvalue weighted by molar-refractivity contribution is 7.89. The maximum absolute atomic E-state index is 11.9. The van der Waals surface area contributed by atoms with Crippen molar-refractivity contribution in [3.8, 4) is 5.75 Å². The third kappa shape index (κ3) is 2.55. The van der Waals surface area contributed by atoms with Crippen LogP contribution in [0.2, 0.25) is 0 Å². The van der Waals surface area contributed by atoms with Crippen molar-refractivity contribution in [2.24, 2.45) is 5.73 Å². The van der Waals surface area contributed by atoms with Crippen molar-refractivity contribution in [2.75, 3.05) is 13.2 Å². The number of ether oxygens (including phenoxy) is 1. The normalized spacial score (nSPS) is 18.8. The van der Waals surface area contributed by atoms with Gasteiger partial charge in [-0.15, -0.1) is 6.58 Å². The summed E-state index contributed by atoms with van der Waals surface area (Å²) >= 11 is 0. The van der Waals surface area contributed by atoms with Gasteiger partial charge < -0.3 is 10.5 Å². The molecule has 0 saturated carbocycles. The molecule has 6 heteroatoms. The van der Waals surface area contributed by atoms with Gasteiger partial charge in [-0.1, -0.05) is 6.08 Å². The highest BCUT2D eigenvalue weighted by Crippen LogP contribution is 2.32. The van der Waals surface area contributed by atoms with E-state index in [1.54, 1.807) is 12.1 Å². The molecule has 1 aromatic rings. The van der Waals surface area contributed by atoms with E-state index in [1.807, 2.05) is 0 Å². The summed E-state index contributed by atoms with van der Waals surface area (Å²) in [5, 5.41) is 0. The maximum Gasteiger partial charge on any atom is 0.240 e. The van der Waals surface area contributed by atoms with Gasteiger partial charge in [-0.25, -0.2) is 13.1 Å². The molecule has 0 fully saturated rings. The van der Waals surface area contributed by atoms with Gasteiger partial charge in [0.1, 0.15) is 5.75 Å². The van der Waals surface area contributed by atoms with Crippen LogP contribution in [0.15, 0.2) is 35.7 Å². The van der Waals surface area contributed by atoms with Gasteiger partial charge in [0.25, 0.3) is 0 Å². The van der Waals surface area contributed by atoms with Crippen LogP contribution in [0.25, 0.3) is 0 Å². The highest BCUT2D eigenvalue weighted by atomic mass is 32.2. The summed E-state index contributed by atoms with van der Waals surface area (Å²) in [5.41, 5.74) is 6.69. The fraction of sp³-hybridized carbons (Fsp3) is 0.333. The number of hydrogen-bond acceptors (Lipinski definition) is 4. The Hall–Kier alpha value is -1.37. The van der Waals surface area contributed by atoms with Crippen LogP contribution in [0.1, 0.15) is 18.0 Å². The van der Waals surface area contributed by atoms with Crippen LogP contribution in [0.4, 0.5) is 0 Å². The molecule has 0 aromatic heterocycles. The minimum absolute atomic E-state index is 0.177. The van der Waals surface area contributed by atoms with Crippen LogP contribution < -0.4 is 15.2 Å². The minimum atomic E-state index is -3.51. The Labute approximate surface area is 107 Å². The highest BCUT2D eigenvalue weighted by Gasteiger charge is 2.21. The SMILES string of the molecule is C=CCNS(=O)(=O)c1ccc2c(c1)C(N)CCO2. The van der Waals surface area contributed by atoms with Crippen molar-refractivity contribution in [3.05, 3.63) is 36.4 Å². The first kappa shape index (κ1) is 13.1. The molecule has 0 radical (unpaired) electrons. The summed E-state index contributed by atoms with van der Waals surface area (Å²) in [6.07, 6.45) is 2.18. The average Bonchev–Trinajstić information content (AvgIpc) is 2.36. The first-order valence-corrected chi connectivity index (χ1v) is 7.16. The number of nitrogens with one attached hydrogen (secondary N) is 1. The second-order valence-electron chi connectivity index (χ2n) is 4.08. The van der Waals surface area contributed by atoms with E-state index >= 15 is 0 Å². The zero-order valence-corrected chi connectivity index (χ0v) is 10.7. The monoisotopic (exact) mass is 268 g/mol. The largest absolute Gasteiger partial charge is 0.493 e. The smallest absolute Gasteiger partial charge is 0.240 e. The summed E-state index contributed by atoms with van der Waals surface area (Å²) in [6.45, 7) is 4.23. The van der Waals surface area contributed by atoms with Crippen molar-refractivity contribution in [3.63, 3.8) is 0 Å². The van der Waals surface area contributed by atoms with Gasteiger partial charge in [-0.3, -0.25) is 0 Å². The molecule has 18 heavy (non-hydrogen) atoms. The molecule has 98 valence electrons. The quantitative estimate of drug-likeness (QED) is 0.796. The van der Waals surface area contributed by atoms with Gasteiger partial charge in [0.2, 0.25) is 10.0 Å². The molecule has 1 aliphatic heterocycles. The van der Waals surface area contributed by atoms with Crippen molar-refractivity contribution in [2.45, 2.75) is 17.4 Å². The van der Waals surface area contributed by atoms with E-state index in [0.29, 0.717) is 18.8 Å². The summed E-state index contributed by atoms with van der Waals surface area (Å²) in [5.74, 6) is 0.663. The van der Waals surface area contributed by atoms with Crippen LogP contribution >= 0.6 is 0 Å². The molecule has 0 spiro atoms. The molecule has 2 rings (SSSR count). The Morgan fingerprint density at radius 1 is 1.56 bits per heavy atom. The zero-order valence-electron chi connectivity index (χ0n) is 9.93. The standard InChI is InChI=1S/C12H16N2O3S/c1-2-6-14-18(15,16)9-3-4-12-10(8-9)11(13)5-7-17-12/h2-4,8,11,14H,1,5-7,13H2. The predicted molar refractivity (Wildman–Crippen MR) is 68.9 cm³/mol. The molecule has 0 saturated heterocycles. The van der Waals surface area contributed by atoms with Gasteiger partial charge in [-0.05, 0) is 18.2 Å². The molecular weight excluding hydrogens is 252 g/mol. The van der Waals surface area contributed by atoms with Gasteiger partial charge in [0.15, 0.2) is 0 Å². The Bertz CT molecular complexity index is 554. The van der Waals surface area contributed by atoms with Crippen molar-refractivity contribution in [1.82, 2.24) is 4.72 Å². The molecule has 1 atom stereocenters. The summed E-state index contributed by atoms with van der Waals surface area (Å²) in [7, 11) is -3.51. The molecule has 3 N–H and O–H groups in total. The number of sulfonamides is 1. The van der Waals surface area contributed by atoms with E-state index in [2.05, 4.69) is 11.3 Å². The van der Waals surface area contributed by atoms with E-state index in [0.717, 1.165) is 5.56 Å². The number of benzene rings is 1. The topological polar surface area (TPSA) is 81.4 Å². The second kappa shape index (κ2) is 5.09. The van der Waals surface area contributed by atoms with Crippen LogP contribution in [-0.2, 0) is 10.0 Å². The first-order chi connectivity index (χ1) is 8.54.